The molecule has 0 bridgehead atoms. The summed E-state index contributed by atoms with van der Waals surface area (Å²) in [4.78, 5) is 19.8. The van der Waals surface area contributed by atoms with Gasteiger partial charge in [-0.3, -0.25) is 4.79 Å². The van der Waals surface area contributed by atoms with E-state index in [4.69, 9.17) is 16.6 Å². The summed E-state index contributed by atoms with van der Waals surface area (Å²) in [6, 6.07) is 15.2. The number of imidazole rings is 1. The monoisotopic (exact) mass is 383 g/mol. The Morgan fingerprint density at radius 2 is 1.85 bits per heavy atom. The number of halogens is 1. The van der Waals surface area contributed by atoms with Gasteiger partial charge in [-0.2, -0.15) is 0 Å². The van der Waals surface area contributed by atoms with Gasteiger partial charge in [-0.1, -0.05) is 44.5 Å². The SMILES string of the molecule is CCCn1c(CN(CC(C)C)C(=O)c2ccc(Cl)cc2)nc2ccccc21. The van der Waals surface area contributed by atoms with Gasteiger partial charge in [0.25, 0.3) is 5.91 Å². The molecule has 5 heteroatoms. The maximum Gasteiger partial charge on any atom is 0.254 e. The maximum atomic E-state index is 13.1. The van der Waals surface area contributed by atoms with Gasteiger partial charge >= 0.3 is 0 Å². The lowest BCUT2D eigenvalue weighted by Gasteiger charge is -2.25. The average Bonchev–Trinajstić information content (AvgIpc) is 2.99. The number of amides is 1. The molecule has 1 amide bonds. The molecule has 0 radical (unpaired) electrons. The molecule has 27 heavy (non-hydrogen) atoms. The predicted octanol–water partition coefficient (Wildman–Crippen LogP) is 5.40. The minimum absolute atomic E-state index is 0.00970. The second-order valence-corrected chi connectivity index (χ2v) is 7.69. The third-order valence-electron chi connectivity index (χ3n) is 4.48. The van der Waals surface area contributed by atoms with Crippen LogP contribution >= 0.6 is 11.6 Å². The largest absolute Gasteiger partial charge is 0.331 e. The van der Waals surface area contributed by atoms with Gasteiger partial charge in [0, 0.05) is 23.7 Å². The van der Waals surface area contributed by atoms with E-state index >= 15 is 0 Å². The first-order valence-corrected chi connectivity index (χ1v) is 9.86. The zero-order valence-electron chi connectivity index (χ0n) is 16.2. The van der Waals surface area contributed by atoms with E-state index in [9.17, 15) is 4.79 Å². The van der Waals surface area contributed by atoms with Crippen molar-refractivity contribution >= 4 is 28.5 Å². The molecule has 1 aromatic heterocycles. The van der Waals surface area contributed by atoms with Crippen molar-refractivity contribution in [2.75, 3.05) is 6.54 Å². The number of hydrogen-bond acceptors (Lipinski definition) is 2. The van der Waals surface area contributed by atoms with Crippen LogP contribution in [0.25, 0.3) is 11.0 Å². The topological polar surface area (TPSA) is 38.1 Å². The Hall–Kier alpha value is -2.33. The molecule has 0 saturated heterocycles. The molecule has 0 aliphatic heterocycles. The molecular weight excluding hydrogens is 358 g/mol. The van der Waals surface area contributed by atoms with Gasteiger partial charge in [0.15, 0.2) is 0 Å². The van der Waals surface area contributed by atoms with Crippen LogP contribution in [0.3, 0.4) is 0 Å². The molecule has 0 aliphatic carbocycles. The molecule has 1 heterocycles. The van der Waals surface area contributed by atoms with Crippen LogP contribution in [-0.4, -0.2) is 26.9 Å². The van der Waals surface area contributed by atoms with Gasteiger partial charge in [-0.05, 0) is 48.7 Å². The van der Waals surface area contributed by atoms with Crippen molar-refractivity contribution in [1.29, 1.82) is 0 Å². The van der Waals surface area contributed by atoms with E-state index in [0.29, 0.717) is 29.6 Å². The number of aryl methyl sites for hydroxylation is 1. The van der Waals surface area contributed by atoms with Crippen molar-refractivity contribution < 1.29 is 4.79 Å². The number of aromatic nitrogens is 2. The number of benzene rings is 2. The molecule has 0 aliphatic rings. The fourth-order valence-corrected chi connectivity index (χ4v) is 3.45. The van der Waals surface area contributed by atoms with Crippen molar-refractivity contribution in [1.82, 2.24) is 14.5 Å². The molecule has 142 valence electrons. The van der Waals surface area contributed by atoms with Crippen molar-refractivity contribution in [3.8, 4) is 0 Å². The highest BCUT2D eigenvalue weighted by Gasteiger charge is 2.20. The summed E-state index contributed by atoms with van der Waals surface area (Å²) in [5.41, 5.74) is 2.75. The second kappa shape index (κ2) is 8.57. The highest BCUT2D eigenvalue weighted by molar-refractivity contribution is 6.30. The maximum absolute atomic E-state index is 13.1. The summed E-state index contributed by atoms with van der Waals surface area (Å²) in [6.07, 6.45) is 1.02. The smallest absolute Gasteiger partial charge is 0.254 e. The van der Waals surface area contributed by atoms with Gasteiger partial charge < -0.3 is 9.47 Å². The first kappa shape index (κ1) is 19.4. The summed E-state index contributed by atoms with van der Waals surface area (Å²) in [7, 11) is 0. The van der Waals surface area contributed by atoms with Crippen LogP contribution in [0.4, 0.5) is 0 Å². The van der Waals surface area contributed by atoms with Crippen molar-refractivity contribution in [2.24, 2.45) is 5.92 Å². The lowest BCUT2D eigenvalue weighted by Crippen LogP contribution is -2.34. The molecule has 0 unspecified atom stereocenters. The van der Waals surface area contributed by atoms with E-state index in [1.54, 1.807) is 24.3 Å². The zero-order chi connectivity index (χ0) is 19.4. The highest BCUT2D eigenvalue weighted by Crippen LogP contribution is 2.20. The zero-order valence-corrected chi connectivity index (χ0v) is 16.9. The molecule has 3 aromatic rings. The number of carbonyl (C=O) groups is 1. The third-order valence-corrected chi connectivity index (χ3v) is 4.73. The average molecular weight is 384 g/mol. The third kappa shape index (κ3) is 4.51. The molecule has 0 atom stereocenters. The van der Waals surface area contributed by atoms with E-state index in [0.717, 1.165) is 29.8 Å². The van der Waals surface area contributed by atoms with Crippen LogP contribution in [0.2, 0.25) is 5.02 Å². The van der Waals surface area contributed by atoms with Gasteiger partial charge in [-0.25, -0.2) is 4.98 Å². The van der Waals surface area contributed by atoms with E-state index < -0.39 is 0 Å². The van der Waals surface area contributed by atoms with Crippen LogP contribution in [-0.2, 0) is 13.1 Å². The minimum Gasteiger partial charge on any atom is -0.331 e. The number of rotatable bonds is 7. The summed E-state index contributed by atoms with van der Waals surface area (Å²) >= 11 is 5.97. The fourth-order valence-electron chi connectivity index (χ4n) is 3.33. The van der Waals surface area contributed by atoms with Gasteiger partial charge in [0.2, 0.25) is 0 Å². The molecule has 0 fully saturated rings. The highest BCUT2D eigenvalue weighted by atomic mass is 35.5. The summed E-state index contributed by atoms with van der Waals surface area (Å²) < 4.78 is 2.23. The Morgan fingerprint density at radius 3 is 2.52 bits per heavy atom. The number of carbonyl (C=O) groups excluding carboxylic acids is 1. The van der Waals surface area contributed by atoms with Gasteiger partial charge in [0.05, 0.1) is 17.6 Å². The first-order chi connectivity index (χ1) is 13.0. The molecule has 2 aromatic carbocycles. The van der Waals surface area contributed by atoms with Crippen molar-refractivity contribution in [3.05, 3.63) is 64.9 Å². The Labute approximate surface area is 165 Å². The van der Waals surface area contributed by atoms with Crippen LogP contribution in [0, 0.1) is 5.92 Å². The number of hydrogen-bond donors (Lipinski definition) is 0. The van der Waals surface area contributed by atoms with Crippen LogP contribution in [0.1, 0.15) is 43.4 Å². The summed E-state index contributed by atoms with van der Waals surface area (Å²) in [5.74, 6) is 1.31. The molecule has 0 N–H and O–H groups in total. The van der Waals surface area contributed by atoms with Gasteiger partial charge in [-0.15, -0.1) is 0 Å². The number of fused-ring (bicyclic) bond motifs is 1. The molecule has 4 nitrogen and oxygen atoms in total. The lowest BCUT2D eigenvalue weighted by molar-refractivity contribution is 0.0716. The normalized spacial score (nSPS) is 11.3. The summed E-state index contributed by atoms with van der Waals surface area (Å²) in [5, 5.41) is 0.631. The van der Waals surface area contributed by atoms with E-state index in [2.05, 4.69) is 31.4 Å². The number of para-hydroxylation sites is 2. The Morgan fingerprint density at radius 1 is 1.15 bits per heavy atom. The van der Waals surface area contributed by atoms with E-state index in [1.807, 2.05) is 23.1 Å². The van der Waals surface area contributed by atoms with Crippen LogP contribution < -0.4 is 0 Å². The fraction of sp³-hybridized carbons (Fsp3) is 0.364. The van der Waals surface area contributed by atoms with E-state index in [-0.39, 0.29) is 5.91 Å². The summed E-state index contributed by atoms with van der Waals surface area (Å²) in [6.45, 7) is 8.46. The molecular formula is C22H26ClN3O. The van der Waals surface area contributed by atoms with Crippen LogP contribution in [0.5, 0.6) is 0 Å². The second-order valence-electron chi connectivity index (χ2n) is 7.25. The molecule has 0 saturated carbocycles. The van der Waals surface area contributed by atoms with E-state index in [1.165, 1.54) is 0 Å². The van der Waals surface area contributed by atoms with Crippen molar-refractivity contribution in [2.45, 2.75) is 40.3 Å². The lowest BCUT2D eigenvalue weighted by atomic mass is 10.1. The minimum atomic E-state index is 0.00970. The van der Waals surface area contributed by atoms with Crippen molar-refractivity contribution in [3.63, 3.8) is 0 Å². The Kier molecular flexibility index (Phi) is 6.17. The molecule has 3 rings (SSSR count). The van der Waals surface area contributed by atoms with Crippen LogP contribution in [0.15, 0.2) is 48.5 Å². The quantitative estimate of drug-likeness (QED) is 0.548. The predicted molar refractivity (Wildman–Crippen MR) is 111 cm³/mol. The molecule has 0 spiro atoms. The first-order valence-electron chi connectivity index (χ1n) is 9.48. The Bertz CT molecular complexity index is 915. The Balaban J connectivity index is 1.95. The standard InChI is InChI=1S/C22H26ClN3O/c1-4-13-26-20-8-6-5-7-19(20)24-21(26)15-25(14-16(2)3)22(27)17-9-11-18(23)12-10-17/h5-12,16H,4,13-15H2,1-3H3. The number of nitrogens with zero attached hydrogens (tertiary/aromatic N) is 3. The van der Waals surface area contributed by atoms with Gasteiger partial charge in [0.1, 0.15) is 5.82 Å².